The fourth-order valence-corrected chi connectivity index (χ4v) is 5.79. The molecule has 0 aliphatic carbocycles. The smallest absolute Gasteiger partial charge is 0.271 e. The van der Waals surface area contributed by atoms with Crippen molar-refractivity contribution in [1.82, 2.24) is 4.31 Å². The molecule has 0 saturated carbocycles. The van der Waals surface area contributed by atoms with Crippen LogP contribution in [0.15, 0.2) is 47.4 Å². The molecule has 1 aliphatic rings. The number of carbonyl (C=O) groups excluding carboxylic acids is 1. The Morgan fingerprint density at radius 2 is 1.80 bits per heavy atom. The van der Waals surface area contributed by atoms with Crippen LogP contribution in [0.25, 0.3) is 0 Å². The monoisotopic (exact) mass is 431 g/mol. The van der Waals surface area contributed by atoms with Crippen LogP contribution >= 0.6 is 0 Å². The Morgan fingerprint density at radius 3 is 2.43 bits per heavy atom. The average molecular weight is 432 g/mol. The molecule has 0 spiro atoms. The quantitative estimate of drug-likeness (QED) is 0.572. The van der Waals surface area contributed by atoms with Crippen LogP contribution in [0.1, 0.15) is 36.2 Å². The highest BCUT2D eigenvalue weighted by atomic mass is 32.2. The molecule has 0 unspecified atom stereocenters. The van der Waals surface area contributed by atoms with Crippen molar-refractivity contribution in [2.75, 3.05) is 18.4 Å². The second kappa shape index (κ2) is 8.53. The lowest BCUT2D eigenvalue weighted by Gasteiger charge is -2.34. The van der Waals surface area contributed by atoms with Gasteiger partial charge in [0.1, 0.15) is 0 Å². The third-order valence-electron chi connectivity index (χ3n) is 5.22. The number of anilines is 1. The molecule has 1 saturated heterocycles. The van der Waals surface area contributed by atoms with E-state index in [4.69, 9.17) is 0 Å². The molecule has 160 valence electrons. The van der Waals surface area contributed by atoms with Crippen molar-refractivity contribution in [2.45, 2.75) is 32.1 Å². The Morgan fingerprint density at radius 1 is 1.13 bits per heavy atom. The summed E-state index contributed by atoms with van der Waals surface area (Å²) in [7, 11) is -3.74. The summed E-state index contributed by atoms with van der Waals surface area (Å²) in [6.07, 6.45) is 0.983. The van der Waals surface area contributed by atoms with Gasteiger partial charge in [0.05, 0.1) is 9.82 Å². The molecule has 1 heterocycles. The molecule has 1 amide bonds. The van der Waals surface area contributed by atoms with Crippen molar-refractivity contribution in [1.29, 1.82) is 0 Å². The van der Waals surface area contributed by atoms with Gasteiger partial charge in [0, 0.05) is 36.5 Å². The predicted molar refractivity (Wildman–Crippen MR) is 114 cm³/mol. The van der Waals surface area contributed by atoms with Crippen LogP contribution < -0.4 is 5.32 Å². The van der Waals surface area contributed by atoms with Crippen LogP contribution in [0.2, 0.25) is 0 Å². The Bertz CT molecular complexity index is 1070. The summed E-state index contributed by atoms with van der Waals surface area (Å²) >= 11 is 0. The number of piperidine rings is 1. The lowest BCUT2D eigenvalue weighted by atomic mass is 9.94. The second-order valence-corrected chi connectivity index (χ2v) is 9.92. The van der Waals surface area contributed by atoms with E-state index in [9.17, 15) is 23.3 Å². The summed E-state index contributed by atoms with van der Waals surface area (Å²) in [6, 6.07) is 10.1. The van der Waals surface area contributed by atoms with E-state index in [0.717, 1.165) is 6.42 Å². The number of amides is 1. The number of hydrogen-bond acceptors (Lipinski definition) is 5. The molecule has 1 fully saturated rings. The third kappa shape index (κ3) is 4.68. The number of hydrogen-bond donors (Lipinski definition) is 1. The molecule has 2 aromatic carbocycles. The topological polar surface area (TPSA) is 110 Å². The van der Waals surface area contributed by atoms with E-state index in [1.54, 1.807) is 19.1 Å². The molecular weight excluding hydrogens is 406 g/mol. The van der Waals surface area contributed by atoms with Gasteiger partial charge in [0.25, 0.3) is 11.6 Å². The highest BCUT2D eigenvalue weighted by Gasteiger charge is 2.33. The van der Waals surface area contributed by atoms with Gasteiger partial charge in [0.2, 0.25) is 10.0 Å². The van der Waals surface area contributed by atoms with Crippen molar-refractivity contribution in [3.8, 4) is 0 Å². The minimum Gasteiger partial charge on any atom is -0.322 e. The maximum Gasteiger partial charge on any atom is 0.271 e. The first-order valence-electron chi connectivity index (χ1n) is 9.74. The maximum atomic E-state index is 13.3. The Hall–Kier alpha value is -2.78. The minimum atomic E-state index is -3.74. The number of nitro benzene ring substituents is 1. The number of sulfonamides is 1. The fourth-order valence-electron chi connectivity index (χ4n) is 3.86. The van der Waals surface area contributed by atoms with Crippen molar-refractivity contribution >= 4 is 27.3 Å². The molecule has 3 rings (SSSR count). The van der Waals surface area contributed by atoms with E-state index in [-0.39, 0.29) is 33.7 Å². The van der Waals surface area contributed by atoms with Crippen molar-refractivity contribution in [3.63, 3.8) is 0 Å². The predicted octanol–water partition coefficient (Wildman–Crippen LogP) is 3.82. The fraction of sp³-hybridized carbons (Fsp3) is 0.381. The standard InChI is InChI=1S/C21H25N3O5S/c1-14-9-15(2)13-23(12-14)30(28,29)20-10-17(8-7-16(20)3)21(25)22-18-5-4-6-19(11-18)24(26)27/h4-8,10-11,14-15H,9,12-13H2,1-3H3,(H,22,25)/t14-,15+. The van der Waals surface area contributed by atoms with Gasteiger partial charge in [-0.1, -0.05) is 26.0 Å². The summed E-state index contributed by atoms with van der Waals surface area (Å²) in [5, 5.41) is 13.5. The number of carbonyl (C=O) groups is 1. The van der Waals surface area contributed by atoms with Crippen molar-refractivity contribution in [2.24, 2.45) is 11.8 Å². The SMILES string of the molecule is Cc1ccc(C(=O)Nc2cccc([N+](=O)[O-])c2)cc1S(=O)(=O)N1C[C@H](C)C[C@H](C)C1. The van der Waals surface area contributed by atoms with E-state index in [1.807, 2.05) is 13.8 Å². The van der Waals surface area contributed by atoms with E-state index in [2.05, 4.69) is 5.32 Å². The first-order chi connectivity index (χ1) is 14.1. The normalized spacial score (nSPS) is 20.0. The first-order valence-corrected chi connectivity index (χ1v) is 11.2. The van der Waals surface area contributed by atoms with Gasteiger partial charge in [0.15, 0.2) is 0 Å². The van der Waals surface area contributed by atoms with Crippen molar-refractivity contribution < 1.29 is 18.1 Å². The summed E-state index contributed by atoms with van der Waals surface area (Å²) < 4.78 is 28.0. The summed E-state index contributed by atoms with van der Waals surface area (Å²) in [6.45, 7) is 6.68. The van der Waals surface area contributed by atoms with E-state index < -0.39 is 20.9 Å². The zero-order chi connectivity index (χ0) is 22.1. The van der Waals surface area contributed by atoms with Gasteiger partial charge in [-0.3, -0.25) is 14.9 Å². The summed E-state index contributed by atoms with van der Waals surface area (Å²) in [4.78, 5) is 23.2. The molecule has 2 aromatic rings. The first kappa shape index (κ1) is 21.9. The van der Waals surface area contributed by atoms with E-state index in [0.29, 0.717) is 18.7 Å². The largest absolute Gasteiger partial charge is 0.322 e. The summed E-state index contributed by atoms with van der Waals surface area (Å²) in [5.74, 6) is 0.000644. The molecule has 1 aliphatic heterocycles. The lowest BCUT2D eigenvalue weighted by Crippen LogP contribution is -2.42. The molecule has 9 heteroatoms. The Balaban J connectivity index is 1.88. The number of rotatable bonds is 5. The third-order valence-corrected chi connectivity index (χ3v) is 7.19. The summed E-state index contributed by atoms with van der Waals surface area (Å²) in [5.41, 5.74) is 0.850. The van der Waals surface area contributed by atoms with Crippen LogP contribution in [0.5, 0.6) is 0 Å². The van der Waals surface area contributed by atoms with Crippen molar-refractivity contribution in [3.05, 3.63) is 63.7 Å². The average Bonchev–Trinajstić information content (AvgIpc) is 2.67. The number of nitrogens with one attached hydrogen (secondary N) is 1. The zero-order valence-corrected chi connectivity index (χ0v) is 18.0. The highest BCUT2D eigenvalue weighted by Crippen LogP contribution is 2.29. The van der Waals surface area contributed by atoms with Gasteiger partial charge >= 0.3 is 0 Å². The molecule has 30 heavy (non-hydrogen) atoms. The van der Waals surface area contributed by atoms with Crippen LogP contribution in [0.3, 0.4) is 0 Å². The Labute approximate surface area is 176 Å². The van der Waals surface area contributed by atoms with Crippen LogP contribution in [0.4, 0.5) is 11.4 Å². The van der Waals surface area contributed by atoms with Gasteiger partial charge in [-0.15, -0.1) is 0 Å². The number of benzene rings is 2. The highest BCUT2D eigenvalue weighted by molar-refractivity contribution is 7.89. The Kier molecular flexibility index (Phi) is 6.23. The molecular formula is C21H25N3O5S. The molecule has 0 aromatic heterocycles. The lowest BCUT2D eigenvalue weighted by molar-refractivity contribution is -0.384. The van der Waals surface area contributed by atoms with Gasteiger partial charge in [-0.2, -0.15) is 4.31 Å². The molecule has 2 atom stereocenters. The van der Waals surface area contributed by atoms with Crippen LogP contribution in [-0.4, -0.2) is 36.6 Å². The molecule has 8 nitrogen and oxygen atoms in total. The number of nitrogens with zero attached hydrogens (tertiary/aromatic N) is 2. The van der Waals surface area contributed by atoms with Gasteiger partial charge < -0.3 is 5.32 Å². The minimum absolute atomic E-state index is 0.107. The second-order valence-electron chi connectivity index (χ2n) is 8.01. The van der Waals surface area contributed by atoms with Crippen LogP contribution in [0, 0.1) is 28.9 Å². The number of non-ortho nitro benzene ring substituents is 1. The maximum absolute atomic E-state index is 13.3. The molecule has 0 bridgehead atoms. The molecule has 1 N–H and O–H groups in total. The van der Waals surface area contributed by atoms with Gasteiger partial charge in [-0.05, 0) is 48.9 Å². The van der Waals surface area contributed by atoms with E-state index >= 15 is 0 Å². The van der Waals surface area contributed by atoms with Gasteiger partial charge in [-0.25, -0.2) is 8.42 Å². The zero-order valence-electron chi connectivity index (χ0n) is 17.2. The number of nitro groups is 1. The van der Waals surface area contributed by atoms with Crippen LogP contribution in [-0.2, 0) is 10.0 Å². The van der Waals surface area contributed by atoms with E-state index in [1.165, 1.54) is 34.6 Å². The number of aryl methyl sites for hydroxylation is 1. The molecule has 0 radical (unpaired) electrons.